The topological polar surface area (TPSA) is 131 Å². The molecule has 9 aliphatic rings. The number of hydrogen-bond acceptors (Lipinski definition) is 16. The number of para-hydroxylation sites is 5. The lowest BCUT2D eigenvalue weighted by atomic mass is 9.93. The van der Waals surface area contributed by atoms with E-state index in [0.717, 1.165) is 68.7 Å². The van der Waals surface area contributed by atoms with E-state index >= 15 is 0 Å². The number of likely N-dealkylation sites (tertiary alicyclic amines) is 9. The zero-order valence-electron chi connectivity index (χ0n) is 85.7. The largest absolute Gasteiger partial charge is 0.373 e. The number of piperidine rings is 1. The molecule has 129 heavy (non-hydrogen) atoms. The number of ketones is 1. The predicted molar refractivity (Wildman–Crippen MR) is 549 cm³/mol. The molecule has 6 unspecified atom stereocenters. The Balaban J connectivity index is 0.000000162. The zero-order chi connectivity index (χ0) is 94.3. The van der Waals surface area contributed by atoms with Gasteiger partial charge in [-0.05, 0) is 378 Å². The molecule has 0 aliphatic carbocycles. The second-order valence-electron chi connectivity index (χ2n) is 45.0. The van der Waals surface area contributed by atoms with E-state index in [9.17, 15) is 18.0 Å². The SMILES string of the molecule is CC(=O)Nc1ccccc1C1CCCN1C(C)(C)C.CC(C)(C)N1CCCC1c1ccccc1NS(C)(=O)=O.CCC(=O)c1ccccc1C1CCCN1C(C)(C)C.CN(CC1CCCN1C)c1ccccc1[C@H]1CCCN1C(C)(C)C.CN1CCC(N(C)c2ccccc2[C@H]2CCCN2C(C)(C)C)C1.CN1CCCC(N(C)c2ccccc2[C@H]2CCCN2C(C)(C)C)C1. The van der Waals surface area contributed by atoms with Crippen LogP contribution in [0, 0.1) is 0 Å². The predicted octanol–water partition coefficient (Wildman–Crippen LogP) is 22.9. The van der Waals surface area contributed by atoms with Gasteiger partial charge in [-0.25, -0.2) is 8.42 Å². The minimum absolute atomic E-state index is 0.00671. The number of likely N-dealkylation sites (N-methyl/N-ethyl adjacent to an activating group) is 6. The van der Waals surface area contributed by atoms with Crippen LogP contribution in [0.5, 0.6) is 0 Å². The lowest BCUT2D eigenvalue weighted by Crippen LogP contribution is -2.46. The number of Topliss-reactive ketones (excluding diaryl/α,β-unsaturated/α-hetero) is 1. The molecule has 6 aromatic rings. The number of nitrogens with zero attached hydrogens (tertiary/aromatic N) is 12. The van der Waals surface area contributed by atoms with Gasteiger partial charge >= 0.3 is 0 Å². The Morgan fingerprint density at radius 2 is 0.667 bits per heavy atom. The van der Waals surface area contributed by atoms with Crippen molar-refractivity contribution in [3.05, 3.63) is 185 Å². The van der Waals surface area contributed by atoms with Crippen LogP contribution in [0.2, 0.25) is 0 Å². The Morgan fingerprint density at radius 1 is 0.364 bits per heavy atom. The number of anilines is 5. The van der Waals surface area contributed by atoms with Crippen molar-refractivity contribution < 1.29 is 18.0 Å². The first kappa shape index (κ1) is 104. The number of hydrogen-bond donors (Lipinski definition) is 2. The van der Waals surface area contributed by atoms with E-state index in [2.05, 4.69) is 333 Å². The first-order valence-corrected chi connectivity index (χ1v) is 51.7. The quantitative estimate of drug-likeness (QED) is 0.0791. The summed E-state index contributed by atoms with van der Waals surface area (Å²) < 4.78 is 25.7. The van der Waals surface area contributed by atoms with Gasteiger partial charge < -0.3 is 34.7 Å². The molecule has 15 rings (SSSR count). The molecule has 0 saturated carbocycles. The summed E-state index contributed by atoms with van der Waals surface area (Å²) in [6.07, 6.45) is 23.1. The zero-order valence-corrected chi connectivity index (χ0v) is 86.5. The summed E-state index contributed by atoms with van der Waals surface area (Å²) in [7, 11) is 10.4. The molecule has 18 nitrogen and oxygen atoms in total. The molecule has 9 atom stereocenters. The summed E-state index contributed by atoms with van der Waals surface area (Å²) in [5.41, 5.74) is 16.1. The number of carbonyl (C=O) groups excluding carboxylic acids is 2. The number of carbonyl (C=O) groups is 2. The lowest BCUT2D eigenvalue weighted by molar-refractivity contribution is -0.114. The molecule has 716 valence electrons. The molecular formula is C110H176N14O4S. The van der Waals surface area contributed by atoms with Gasteiger partial charge in [-0.2, -0.15) is 0 Å². The van der Waals surface area contributed by atoms with Gasteiger partial charge in [0.15, 0.2) is 5.78 Å². The van der Waals surface area contributed by atoms with Crippen LogP contribution < -0.4 is 24.7 Å². The highest BCUT2D eigenvalue weighted by molar-refractivity contribution is 7.92. The van der Waals surface area contributed by atoms with Gasteiger partial charge in [0.05, 0.1) is 11.9 Å². The fourth-order valence-corrected chi connectivity index (χ4v) is 23.3. The molecule has 0 aromatic heterocycles. The van der Waals surface area contributed by atoms with Crippen molar-refractivity contribution in [2.75, 3.05) is 152 Å². The first-order valence-electron chi connectivity index (χ1n) is 49.8. The third-order valence-corrected chi connectivity index (χ3v) is 29.7. The molecule has 19 heteroatoms. The Labute approximate surface area is 785 Å². The van der Waals surface area contributed by atoms with Crippen LogP contribution in [0.4, 0.5) is 28.4 Å². The molecule has 9 heterocycles. The molecule has 9 fully saturated rings. The number of amides is 1. The summed E-state index contributed by atoms with van der Waals surface area (Å²) in [5.74, 6) is 0.254. The van der Waals surface area contributed by atoms with E-state index in [1.165, 1.54) is 187 Å². The number of sulfonamides is 1. The van der Waals surface area contributed by atoms with Crippen molar-refractivity contribution in [3.63, 3.8) is 0 Å². The third kappa shape index (κ3) is 28.2. The Hall–Kier alpha value is -6.75. The highest BCUT2D eigenvalue weighted by atomic mass is 32.2. The van der Waals surface area contributed by atoms with Crippen LogP contribution in [0.25, 0.3) is 0 Å². The second kappa shape index (κ2) is 45.5. The van der Waals surface area contributed by atoms with Gasteiger partial charge in [-0.3, -0.25) is 43.7 Å². The fourth-order valence-electron chi connectivity index (χ4n) is 22.8. The molecule has 6 aromatic carbocycles. The summed E-state index contributed by atoms with van der Waals surface area (Å²) >= 11 is 0. The van der Waals surface area contributed by atoms with E-state index in [-0.39, 0.29) is 51.0 Å². The monoisotopic (exact) mass is 1790 g/mol. The fraction of sp³-hybridized carbons (Fsp3) is 0.655. The van der Waals surface area contributed by atoms with Gasteiger partial charge in [0.25, 0.3) is 0 Å². The summed E-state index contributed by atoms with van der Waals surface area (Å²) in [6.45, 7) is 59.0. The minimum atomic E-state index is -3.25. The van der Waals surface area contributed by atoms with Gasteiger partial charge in [0.2, 0.25) is 15.9 Å². The maximum atomic E-state index is 12.1. The summed E-state index contributed by atoms with van der Waals surface area (Å²) in [4.78, 5) is 54.1. The highest BCUT2D eigenvalue weighted by Gasteiger charge is 2.43. The molecule has 9 aliphatic heterocycles. The van der Waals surface area contributed by atoms with Crippen LogP contribution in [-0.2, 0) is 14.8 Å². The van der Waals surface area contributed by atoms with Gasteiger partial charge in [0, 0.05) is 170 Å². The van der Waals surface area contributed by atoms with Crippen LogP contribution in [0.1, 0.15) is 334 Å². The molecule has 0 radical (unpaired) electrons. The van der Waals surface area contributed by atoms with E-state index in [1.807, 2.05) is 55.5 Å². The van der Waals surface area contributed by atoms with Gasteiger partial charge in [0.1, 0.15) is 0 Å². The van der Waals surface area contributed by atoms with E-state index in [1.54, 1.807) is 6.92 Å². The molecule has 9 saturated heterocycles. The Kier molecular flexibility index (Phi) is 36.8. The van der Waals surface area contributed by atoms with Crippen molar-refractivity contribution in [3.8, 4) is 0 Å². The van der Waals surface area contributed by atoms with Crippen molar-refractivity contribution in [2.24, 2.45) is 0 Å². The molecular weight excluding hydrogens is 1610 g/mol. The maximum absolute atomic E-state index is 12.1. The molecule has 0 spiro atoms. The van der Waals surface area contributed by atoms with E-state index in [0.29, 0.717) is 60.4 Å². The van der Waals surface area contributed by atoms with Gasteiger partial charge in [-0.1, -0.05) is 122 Å². The molecule has 0 bridgehead atoms. The van der Waals surface area contributed by atoms with Crippen molar-refractivity contribution in [1.82, 2.24) is 44.1 Å². The number of rotatable bonds is 18. The first-order chi connectivity index (χ1) is 60.7. The van der Waals surface area contributed by atoms with Gasteiger partial charge in [-0.15, -0.1) is 0 Å². The smallest absolute Gasteiger partial charge is 0.229 e. The second-order valence-corrected chi connectivity index (χ2v) is 46.8. The molecule has 1 amide bonds. The van der Waals surface area contributed by atoms with E-state index in [4.69, 9.17) is 0 Å². The van der Waals surface area contributed by atoms with Crippen molar-refractivity contribution in [1.29, 1.82) is 0 Å². The molecule has 2 N–H and O–H groups in total. The van der Waals surface area contributed by atoms with Crippen molar-refractivity contribution >= 4 is 50.2 Å². The average molecular weight is 1790 g/mol. The average Bonchev–Trinajstić information content (AvgIpc) is 1.65. The van der Waals surface area contributed by atoms with Crippen LogP contribution in [0.3, 0.4) is 0 Å². The third-order valence-electron chi connectivity index (χ3n) is 29.1. The normalized spacial score (nSPS) is 24.0. The summed E-state index contributed by atoms with van der Waals surface area (Å²) in [5, 5.41) is 2.96. The van der Waals surface area contributed by atoms with Crippen LogP contribution in [-0.4, -0.2) is 243 Å². The Bertz CT molecular complexity index is 4620. The van der Waals surface area contributed by atoms with Crippen LogP contribution >= 0.6 is 0 Å². The maximum Gasteiger partial charge on any atom is 0.229 e. The van der Waals surface area contributed by atoms with Crippen molar-refractivity contribution in [2.45, 2.75) is 342 Å². The lowest BCUT2D eigenvalue weighted by Gasteiger charge is -2.41. The minimum Gasteiger partial charge on any atom is -0.373 e. The Morgan fingerprint density at radius 3 is 1.02 bits per heavy atom. The van der Waals surface area contributed by atoms with E-state index < -0.39 is 10.0 Å². The number of benzene rings is 6. The number of nitrogens with one attached hydrogen (secondary N) is 2. The van der Waals surface area contributed by atoms with Crippen LogP contribution in [0.15, 0.2) is 146 Å². The highest BCUT2D eigenvalue weighted by Crippen LogP contribution is 2.48. The standard InChI is InChI=1S/2C21H35N3.C20H33N3.C17H25NO.C16H24N2O.C15H24N2O2S/c1-21(2,3)24-15-9-13-20(24)18-11-6-7-12-19(18)23(5)16-17-10-8-14-22(17)4;1-21(2,3)24-15-9-13-20(24)18-11-6-7-12-19(18)23(5)17-10-8-14-22(4)16-17;1-20(2,3)23-13-8-11-19(23)17-9-6-7-10-18(17)22(5)16-12-14-21(4)15-16;1-5-16(19)14-10-7-6-9-13(14)15-11-8-12-18(15)17(2,3)4;1-12(19)17-14-9-6-5-8-13(14)15-10-7-11-18(15)16(2,3)4;1-15(2,3)17-11-7-10-14(17)12-8-5-6-9-13(12)16-20(4,18)19/h2*6-7,11-12,17,20H,8-10,13-16H2,1-5H3;6-7,9-10,16,19H,8,11-15H2,1-5H3;6-7,9-10,15H,5,8,11-12H2,1-4H3;5-6,8-9,15H,7,10-11H2,1-4H3,(H,17,19);5-6,8-9,14,16H,7,10-11H2,1-4H3/t2*17?,20-;16?,19-;;;/m111.../s1. The summed E-state index contributed by atoms with van der Waals surface area (Å²) in [6, 6.07) is 56.1.